The lowest BCUT2D eigenvalue weighted by Gasteiger charge is -2.24. The first kappa shape index (κ1) is 15.5. The molecular formula is C16H18NO3PS. The van der Waals surface area contributed by atoms with Gasteiger partial charge in [-0.3, -0.25) is 4.57 Å². The summed E-state index contributed by atoms with van der Waals surface area (Å²) in [6, 6.07) is 18.1. The van der Waals surface area contributed by atoms with E-state index in [9.17, 15) is 13.0 Å². The zero-order chi connectivity index (χ0) is 15.6. The fourth-order valence-corrected chi connectivity index (χ4v) is 7.50. The van der Waals surface area contributed by atoms with Gasteiger partial charge in [0.15, 0.2) is 9.84 Å². The molecule has 6 heteroatoms. The number of benzene rings is 2. The predicted molar refractivity (Wildman–Crippen MR) is 89.7 cm³/mol. The van der Waals surface area contributed by atoms with E-state index in [0.29, 0.717) is 23.5 Å². The monoisotopic (exact) mass is 335 g/mol. The van der Waals surface area contributed by atoms with Crippen molar-refractivity contribution in [2.45, 2.75) is 18.2 Å². The van der Waals surface area contributed by atoms with Crippen LogP contribution in [-0.2, 0) is 14.4 Å². The maximum absolute atomic E-state index is 13.7. The zero-order valence-electron chi connectivity index (χ0n) is 12.1. The van der Waals surface area contributed by atoms with Crippen LogP contribution in [0.4, 0.5) is 0 Å². The molecule has 0 saturated carbocycles. The predicted octanol–water partition coefficient (Wildman–Crippen LogP) is 2.04. The zero-order valence-corrected chi connectivity index (χ0v) is 13.8. The van der Waals surface area contributed by atoms with Crippen molar-refractivity contribution in [2.75, 3.05) is 5.75 Å². The molecule has 0 bridgehead atoms. The summed E-state index contributed by atoms with van der Waals surface area (Å²) in [5, 5.41) is 3.50. The molecule has 1 fully saturated rings. The van der Waals surface area contributed by atoms with Crippen molar-refractivity contribution >= 4 is 27.7 Å². The molecule has 0 amide bonds. The third kappa shape index (κ3) is 2.89. The van der Waals surface area contributed by atoms with Crippen LogP contribution in [0.2, 0.25) is 0 Å². The van der Waals surface area contributed by atoms with E-state index in [0.717, 1.165) is 0 Å². The topological polar surface area (TPSA) is 63.2 Å². The molecule has 2 aromatic carbocycles. The molecule has 1 unspecified atom stereocenters. The van der Waals surface area contributed by atoms with E-state index in [-0.39, 0.29) is 5.75 Å². The molecule has 0 radical (unpaired) electrons. The first-order valence-corrected chi connectivity index (χ1v) is 10.7. The normalized spacial score (nSPS) is 20.8. The van der Waals surface area contributed by atoms with Gasteiger partial charge in [-0.2, -0.15) is 0 Å². The molecule has 3 rings (SSSR count). The summed E-state index contributed by atoms with van der Waals surface area (Å²) in [5.74, 6) is 0.161. The molecule has 1 N–H and O–H groups in total. The Morgan fingerprint density at radius 2 is 1.41 bits per heavy atom. The summed E-state index contributed by atoms with van der Waals surface area (Å²) >= 11 is 0. The van der Waals surface area contributed by atoms with Gasteiger partial charge in [0.2, 0.25) is 7.29 Å². The number of sulfone groups is 1. The Balaban J connectivity index is 2.07. The fourth-order valence-electron chi connectivity index (χ4n) is 2.71. The molecule has 0 aromatic heterocycles. The Bertz CT molecular complexity index is 747. The van der Waals surface area contributed by atoms with Crippen molar-refractivity contribution in [3.05, 3.63) is 60.7 Å². The van der Waals surface area contributed by atoms with Gasteiger partial charge in [0, 0.05) is 10.6 Å². The quantitative estimate of drug-likeness (QED) is 0.869. The van der Waals surface area contributed by atoms with Gasteiger partial charge in [0.05, 0.1) is 5.75 Å². The Hall–Kier alpha value is -1.42. The Morgan fingerprint density at radius 1 is 0.909 bits per heavy atom. The number of hydrogen-bond donors (Lipinski definition) is 1. The highest BCUT2D eigenvalue weighted by Crippen LogP contribution is 2.41. The van der Waals surface area contributed by atoms with E-state index in [4.69, 9.17) is 0 Å². The first-order valence-electron chi connectivity index (χ1n) is 7.23. The lowest BCUT2D eigenvalue weighted by molar-refractivity contribution is 0.562. The van der Waals surface area contributed by atoms with Crippen LogP contribution in [0.5, 0.6) is 0 Å². The van der Waals surface area contributed by atoms with E-state index < -0.39 is 22.5 Å². The third-order valence-corrected chi connectivity index (χ3v) is 8.87. The molecule has 0 aliphatic carbocycles. The maximum Gasteiger partial charge on any atom is 0.205 e. The first-order chi connectivity index (χ1) is 10.5. The average molecular weight is 335 g/mol. The Morgan fingerprint density at radius 3 is 1.82 bits per heavy atom. The van der Waals surface area contributed by atoms with E-state index >= 15 is 0 Å². The fraction of sp³-hybridized carbons (Fsp3) is 0.250. The summed E-state index contributed by atoms with van der Waals surface area (Å²) in [6.45, 7) is 0. The molecule has 1 heterocycles. The summed E-state index contributed by atoms with van der Waals surface area (Å²) in [7, 11) is -6.40. The summed E-state index contributed by atoms with van der Waals surface area (Å²) < 4.78 is 37.9. The smallest absolute Gasteiger partial charge is 0.205 e. The lowest BCUT2D eigenvalue weighted by atomic mass is 10.3. The van der Waals surface area contributed by atoms with Gasteiger partial charge in [0.1, 0.15) is 5.37 Å². The number of hydrogen-bond acceptors (Lipinski definition) is 3. The van der Waals surface area contributed by atoms with Crippen LogP contribution in [0.1, 0.15) is 12.8 Å². The second-order valence-electron chi connectivity index (χ2n) is 5.41. The van der Waals surface area contributed by atoms with Gasteiger partial charge in [0.25, 0.3) is 0 Å². The second kappa shape index (κ2) is 5.99. The third-order valence-electron chi connectivity index (χ3n) is 3.89. The highest BCUT2D eigenvalue weighted by Gasteiger charge is 2.38. The van der Waals surface area contributed by atoms with Gasteiger partial charge < -0.3 is 0 Å². The van der Waals surface area contributed by atoms with Gasteiger partial charge in [-0.15, -0.1) is 0 Å². The van der Waals surface area contributed by atoms with Crippen LogP contribution < -0.4 is 15.7 Å². The van der Waals surface area contributed by atoms with Gasteiger partial charge in [-0.05, 0) is 37.1 Å². The van der Waals surface area contributed by atoms with E-state index in [1.165, 1.54) is 0 Å². The van der Waals surface area contributed by atoms with Crippen LogP contribution in [0, 0.1) is 0 Å². The molecule has 2 aromatic rings. The molecule has 1 aliphatic rings. The van der Waals surface area contributed by atoms with Crippen molar-refractivity contribution < 1.29 is 13.0 Å². The Labute approximate surface area is 130 Å². The number of rotatable bonds is 4. The van der Waals surface area contributed by atoms with Crippen LogP contribution >= 0.6 is 7.29 Å². The molecule has 4 nitrogen and oxygen atoms in total. The minimum atomic E-state index is -3.22. The van der Waals surface area contributed by atoms with Crippen LogP contribution in [0.3, 0.4) is 0 Å². The highest BCUT2D eigenvalue weighted by molar-refractivity contribution is 7.92. The molecule has 0 spiro atoms. The molecule has 1 aliphatic heterocycles. The van der Waals surface area contributed by atoms with Crippen molar-refractivity contribution in [3.63, 3.8) is 0 Å². The van der Waals surface area contributed by atoms with Crippen LogP contribution in [-0.4, -0.2) is 19.5 Å². The van der Waals surface area contributed by atoms with Crippen LogP contribution in [0.25, 0.3) is 0 Å². The van der Waals surface area contributed by atoms with Gasteiger partial charge in [-0.1, -0.05) is 36.4 Å². The highest BCUT2D eigenvalue weighted by atomic mass is 32.2. The molecular weight excluding hydrogens is 317 g/mol. The van der Waals surface area contributed by atoms with Crippen molar-refractivity contribution in [1.29, 1.82) is 0 Å². The lowest BCUT2D eigenvalue weighted by Crippen LogP contribution is -2.37. The van der Waals surface area contributed by atoms with E-state index in [2.05, 4.69) is 5.09 Å². The number of nitrogens with one attached hydrogen (secondary N) is 1. The van der Waals surface area contributed by atoms with Gasteiger partial charge >= 0.3 is 0 Å². The van der Waals surface area contributed by atoms with Crippen molar-refractivity contribution in [3.8, 4) is 0 Å². The van der Waals surface area contributed by atoms with Gasteiger partial charge in [-0.25, -0.2) is 13.5 Å². The molecule has 22 heavy (non-hydrogen) atoms. The molecule has 116 valence electrons. The molecule has 1 saturated heterocycles. The minimum Gasteiger partial charge on any atom is -0.296 e. The SMILES string of the molecule is O=P(NC1CCCS1(=O)=O)(c1ccccc1)c1ccccc1. The largest absolute Gasteiger partial charge is 0.296 e. The Kier molecular flexibility index (Phi) is 4.22. The maximum atomic E-state index is 13.7. The molecule has 1 atom stereocenters. The summed E-state index contributed by atoms with van der Waals surface area (Å²) in [6.07, 6.45) is 1.12. The summed E-state index contributed by atoms with van der Waals surface area (Å²) in [5.41, 5.74) is 0. The second-order valence-corrected chi connectivity index (χ2v) is 10.2. The van der Waals surface area contributed by atoms with E-state index in [1.54, 1.807) is 24.3 Å². The van der Waals surface area contributed by atoms with E-state index in [1.807, 2.05) is 36.4 Å². The average Bonchev–Trinajstić information content (AvgIpc) is 2.87. The minimum absolute atomic E-state index is 0.161. The van der Waals surface area contributed by atoms with Crippen molar-refractivity contribution in [1.82, 2.24) is 5.09 Å². The van der Waals surface area contributed by atoms with Crippen molar-refractivity contribution in [2.24, 2.45) is 0 Å². The summed E-state index contributed by atoms with van der Waals surface area (Å²) in [4.78, 5) is 0. The standard InChI is InChI=1S/C16H18NO3PS/c18-21(14-8-3-1-4-9-14,15-10-5-2-6-11-15)17-16-12-7-13-22(16,19)20/h1-6,8-11,16H,7,12-13H2,(H,17,18). The van der Waals surface area contributed by atoms with Crippen LogP contribution in [0.15, 0.2) is 60.7 Å².